The maximum Gasteiger partial charge on any atom is 0.247 e. The maximum atomic E-state index is 11.4. The highest BCUT2D eigenvalue weighted by molar-refractivity contribution is 14.0. The summed E-state index contributed by atoms with van der Waals surface area (Å²) in [5.41, 5.74) is 0. The van der Waals surface area contributed by atoms with Gasteiger partial charge in [0, 0.05) is 22.8 Å². The minimum absolute atomic E-state index is 0. The molecule has 0 aliphatic carbocycles. The van der Waals surface area contributed by atoms with E-state index in [1.807, 2.05) is 6.92 Å². The number of nitrogens with one attached hydrogen (secondary N) is 2. The smallest absolute Gasteiger partial charge is 0.247 e. The molecule has 7 nitrogen and oxygen atoms in total. The molecule has 0 bridgehead atoms. The summed E-state index contributed by atoms with van der Waals surface area (Å²) in [5, 5.41) is 14.0. The molecule has 1 aliphatic heterocycles. The van der Waals surface area contributed by atoms with Crippen molar-refractivity contribution >= 4 is 62.6 Å². The molecule has 3 rings (SSSR count). The van der Waals surface area contributed by atoms with Crippen LogP contribution in [0, 0.1) is 0 Å². The Morgan fingerprint density at radius 1 is 1.28 bits per heavy atom. The summed E-state index contributed by atoms with van der Waals surface area (Å²) in [7, 11) is -3.65. The fourth-order valence-corrected chi connectivity index (χ4v) is 5.80. The summed E-state index contributed by atoms with van der Waals surface area (Å²) in [6, 6.07) is 7.92. The average molecular weight is 570 g/mol. The standard InChI is InChI=1S/C18H27N5O2S3.HI/c1-2-20-18(21-12-14-7-8-17(27-14)28(19,24)25)22-13-15(16-6-5-11-26-16)23-9-3-4-10-23;/h5-8,11,15H,2-4,9-10,12-13H2,1H3,(H2,19,24,25)(H2,20,21,22);1H. The minimum atomic E-state index is -3.65. The van der Waals surface area contributed by atoms with E-state index >= 15 is 0 Å². The quantitative estimate of drug-likeness (QED) is 0.258. The van der Waals surface area contributed by atoms with Gasteiger partial charge in [-0.1, -0.05) is 6.07 Å². The zero-order chi connectivity index (χ0) is 20.0. The molecule has 1 aliphatic rings. The minimum Gasteiger partial charge on any atom is -0.357 e. The molecule has 0 radical (unpaired) electrons. The fourth-order valence-electron chi connectivity index (χ4n) is 3.23. The van der Waals surface area contributed by atoms with Crippen LogP contribution in [0.25, 0.3) is 0 Å². The number of aliphatic imine (C=N–C) groups is 1. The van der Waals surface area contributed by atoms with Gasteiger partial charge in [0.2, 0.25) is 10.0 Å². The molecule has 3 heterocycles. The lowest BCUT2D eigenvalue weighted by atomic mass is 10.2. The molecule has 2 aromatic rings. The summed E-state index contributed by atoms with van der Waals surface area (Å²) in [4.78, 5) is 9.36. The van der Waals surface area contributed by atoms with Crippen LogP contribution in [-0.2, 0) is 16.6 Å². The Labute approximate surface area is 197 Å². The van der Waals surface area contributed by atoms with Crippen LogP contribution in [0.2, 0.25) is 0 Å². The first-order chi connectivity index (χ1) is 13.5. The van der Waals surface area contributed by atoms with Gasteiger partial charge < -0.3 is 10.6 Å². The van der Waals surface area contributed by atoms with E-state index < -0.39 is 10.0 Å². The Balaban J connectivity index is 0.00000300. The number of thiophene rings is 2. The summed E-state index contributed by atoms with van der Waals surface area (Å²) >= 11 is 2.95. The number of rotatable bonds is 8. The highest BCUT2D eigenvalue weighted by atomic mass is 127. The van der Waals surface area contributed by atoms with E-state index in [4.69, 9.17) is 5.14 Å². The van der Waals surface area contributed by atoms with Crippen molar-refractivity contribution in [3.8, 4) is 0 Å². The lowest BCUT2D eigenvalue weighted by Crippen LogP contribution is -2.42. The van der Waals surface area contributed by atoms with Gasteiger partial charge >= 0.3 is 0 Å². The molecule has 29 heavy (non-hydrogen) atoms. The Hall–Kier alpha value is -0.730. The third kappa shape index (κ3) is 7.17. The van der Waals surface area contributed by atoms with E-state index in [0.717, 1.165) is 48.4 Å². The molecular weight excluding hydrogens is 541 g/mol. The molecule has 11 heteroatoms. The third-order valence-corrected chi connectivity index (χ3v) is 8.05. The molecule has 1 atom stereocenters. The monoisotopic (exact) mass is 569 g/mol. The van der Waals surface area contributed by atoms with Crippen LogP contribution in [0.1, 0.15) is 35.6 Å². The van der Waals surface area contributed by atoms with Gasteiger partial charge in [-0.15, -0.1) is 46.7 Å². The highest BCUT2D eigenvalue weighted by Gasteiger charge is 2.24. The number of hydrogen-bond acceptors (Lipinski definition) is 6. The molecule has 2 aromatic heterocycles. The van der Waals surface area contributed by atoms with E-state index in [9.17, 15) is 8.42 Å². The van der Waals surface area contributed by atoms with Crippen molar-refractivity contribution in [2.24, 2.45) is 10.1 Å². The largest absolute Gasteiger partial charge is 0.357 e. The predicted octanol–water partition coefficient (Wildman–Crippen LogP) is 2.97. The van der Waals surface area contributed by atoms with Gasteiger partial charge in [0.25, 0.3) is 0 Å². The van der Waals surface area contributed by atoms with E-state index in [2.05, 4.69) is 38.0 Å². The molecule has 1 fully saturated rings. The Bertz CT molecular complexity index is 877. The number of hydrogen-bond donors (Lipinski definition) is 3. The zero-order valence-corrected chi connectivity index (χ0v) is 21.1. The second-order valence-electron chi connectivity index (χ2n) is 6.62. The zero-order valence-electron chi connectivity index (χ0n) is 16.3. The first-order valence-electron chi connectivity index (χ1n) is 9.38. The van der Waals surface area contributed by atoms with Crippen molar-refractivity contribution in [1.29, 1.82) is 0 Å². The first kappa shape index (κ1) is 24.5. The van der Waals surface area contributed by atoms with Crippen LogP contribution in [-0.4, -0.2) is 45.5 Å². The van der Waals surface area contributed by atoms with Crippen LogP contribution in [0.5, 0.6) is 0 Å². The summed E-state index contributed by atoms with van der Waals surface area (Å²) in [5.74, 6) is 0.730. The van der Waals surface area contributed by atoms with E-state index in [1.54, 1.807) is 17.4 Å². The van der Waals surface area contributed by atoms with E-state index in [-0.39, 0.29) is 28.2 Å². The van der Waals surface area contributed by atoms with Crippen LogP contribution in [0.3, 0.4) is 0 Å². The fraction of sp³-hybridized carbons (Fsp3) is 0.500. The summed E-state index contributed by atoms with van der Waals surface area (Å²) in [6.07, 6.45) is 2.50. The van der Waals surface area contributed by atoms with Gasteiger partial charge in [0.1, 0.15) is 4.21 Å². The van der Waals surface area contributed by atoms with E-state index in [1.165, 1.54) is 23.8 Å². The van der Waals surface area contributed by atoms with E-state index in [0.29, 0.717) is 12.6 Å². The Morgan fingerprint density at radius 2 is 2.03 bits per heavy atom. The number of nitrogens with zero attached hydrogens (tertiary/aromatic N) is 2. The van der Waals surface area contributed by atoms with Crippen molar-refractivity contribution in [1.82, 2.24) is 15.5 Å². The Kier molecular flexibility index (Phi) is 9.82. The lowest BCUT2D eigenvalue weighted by Gasteiger charge is -2.27. The van der Waals surface area contributed by atoms with Crippen LogP contribution >= 0.6 is 46.7 Å². The molecule has 162 valence electrons. The number of primary sulfonamides is 1. The van der Waals surface area contributed by atoms with Gasteiger partial charge in [-0.3, -0.25) is 4.90 Å². The van der Waals surface area contributed by atoms with Crippen molar-refractivity contribution < 1.29 is 8.42 Å². The Morgan fingerprint density at radius 3 is 2.62 bits per heavy atom. The van der Waals surface area contributed by atoms with Gasteiger partial charge in [-0.2, -0.15) is 0 Å². The molecular formula is C18H28IN5O2S3. The van der Waals surface area contributed by atoms with Crippen LogP contribution in [0.15, 0.2) is 38.8 Å². The van der Waals surface area contributed by atoms with Gasteiger partial charge in [-0.25, -0.2) is 18.5 Å². The van der Waals surface area contributed by atoms with Gasteiger partial charge in [0.15, 0.2) is 5.96 Å². The van der Waals surface area contributed by atoms with Gasteiger partial charge in [0.05, 0.1) is 12.6 Å². The molecule has 1 unspecified atom stereocenters. The van der Waals surface area contributed by atoms with Crippen molar-refractivity contribution in [2.75, 3.05) is 26.2 Å². The molecule has 0 amide bonds. The number of nitrogens with two attached hydrogens (primary N) is 1. The maximum absolute atomic E-state index is 11.4. The molecule has 4 N–H and O–H groups in total. The van der Waals surface area contributed by atoms with Crippen LogP contribution in [0.4, 0.5) is 0 Å². The molecule has 1 saturated heterocycles. The topological polar surface area (TPSA) is 99.8 Å². The normalized spacial score (nSPS) is 16.4. The summed E-state index contributed by atoms with van der Waals surface area (Å²) in [6.45, 7) is 6.22. The van der Waals surface area contributed by atoms with Crippen molar-refractivity contribution in [2.45, 2.75) is 36.6 Å². The lowest BCUT2D eigenvalue weighted by molar-refractivity contribution is 0.249. The SMILES string of the molecule is CCNC(=NCc1ccc(S(N)(=O)=O)s1)NCC(c1cccs1)N1CCCC1.I. The summed E-state index contributed by atoms with van der Waals surface area (Å²) < 4.78 is 23.0. The average Bonchev–Trinajstić information content (AvgIpc) is 3.41. The molecule has 0 aromatic carbocycles. The van der Waals surface area contributed by atoms with Gasteiger partial charge in [-0.05, 0) is 56.4 Å². The van der Waals surface area contributed by atoms with Crippen molar-refractivity contribution in [3.63, 3.8) is 0 Å². The molecule has 0 spiro atoms. The second kappa shape index (κ2) is 11.6. The number of likely N-dealkylation sites (tertiary alicyclic amines) is 1. The number of guanidine groups is 1. The third-order valence-electron chi connectivity index (χ3n) is 4.57. The number of sulfonamides is 1. The van der Waals surface area contributed by atoms with Crippen LogP contribution < -0.4 is 15.8 Å². The number of halogens is 1. The second-order valence-corrected chi connectivity index (χ2v) is 10.6. The highest BCUT2D eigenvalue weighted by Crippen LogP contribution is 2.27. The molecule has 0 saturated carbocycles. The predicted molar refractivity (Wildman–Crippen MR) is 132 cm³/mol. The van der Waals surface area contributed by atoms with Crippen molar-refractivity contribution in [3.05, 3.63) is 39.4 Å². The first-order valence-corrected chi connectivity index (χ1v) is 12.6.